The number of aromatic nitrogens is 2. The van der Waals surface area contributed by atoms with Gasteiger partial charge in [0.2, 0.25) is 5.24 Å². The standard InChI is InChI=1S/C24H24ClN3O3/c1-14-10-19(11-15(2)23(14)26)31-18-8-9-20-21(12-18)28(3)22(27-20)13-30-17-6-4-16(5-7-17)24(25)29/h4,6-12,16H,5,13,26H2,1-3H3. The minimum atomic E-state index is -0.357. The molecule has 0 fully saturated rings. The fourth-order valence-electron chi connectivity index (χ4n) is 3.57. The molecule has 160 valence electrons. The third-order valence-corrected chi connectivity index (χ3v) is 5.75. The molecule has 2 aromatic carbocycles. The Morgan fingerprint density at radius 2 is 1.97 bits per heavy atom. The van der Waals surface area contributed by atoms with E-state index in [0.29, 0.717) is 18.8 Å². The highest BCUT2D eigenvalue weighted by atomic mass is 35.5. The van der Waals surface area contributed by atoms with E-state index in [-0.39, 0.29) is 11.2 Å². The van der Waals surface area contributed by atoms with Crippen LogP contribution in [0.5, 0.6) is 11.5 Å². The van der Waals surface area contributed by atoms with Crippen LogP contribution in [0.1, 0.15) is 23.4 Å². The molecule has 0 saturated carbocycles. The monoisotopic (exact) mass is 437 g/mol. The molecule has 1 atom stereocenters. The minimum absolute atomic E-state index is 0.281. The lowest BCUT2D eigenvalue weighted by atomic mass is 10.0. The average Bonchev–Trinajstić information content (AvgIpc) is 3.06. The molecule has 7 heteroatoms. The number of benzene rings is 2. The van der Waals surface area contributed by atoms with E-state index >= 15 is 0 Å². The summed E-state index contributed by atoms with van der Waals surface area (Å²) in [6, 6.07) is 9.66. The SMILES string of the molecule is Cc1cc(Oc2ccc3nc(COC4=CCC(C(=O)Cl)C=C4)n(C)c3c2)cc(C)c1N. The third kappa shape index (κ3) is 4.44. The second kappa shape index (κ2) is 8.47. The Balaban J connectivity index is 1.49. The Hall–Kier alpha value is -3.25. The molecule has 0 aliphatic heterocycles. The Labute approximate surface area is 185 Å². The molecule has 1 aliphatic carbocycles. The van der Waals surface area contributed by atoms with Crippen molar-refractivity contribution in [2.75, 3.05) is 5.73 Å². The number of nitrogen functional groups attached to an aromatic ring is 1. The fourth-order valence-corrected chi connectivity index (χ4v) is 3.73. The number of halogens is 1. The number of rotatable bonds is 6. The average molecular weight is 438 g/mol. The number of carbonyl (C=O) groups is 1. The van der Waals surface area contributed by atoms with Gasteiger partial charge in [0, 0.05) is 18.8 Å². The van der Waals surface area contributed by atoms with Gasteiger partial charge in [0.25, 0.3) is 0 Å². The molecule has 1 aliphatic rings. The summed E-state index contributed by atoms with van der Waals surface area (Å²) in [6.45, 7) is 4.25. The van der Waals surface area contributed by atoms with Gasteiger partial charge in [-0.15, -0.1) is 0 Å². The van der Waals surface area contributed by atoms with Crippen molar-refractivity contribution in [1.82, 2.24) is 9.55 Å². The highest BCUT2D eigenvalue weighted by molar-refractivity contribution is 6.64. The number of imidazole rings is 1. The van der Waals surface area contributed by atoms with E-state index in [1.807, 2.05) is 61.9 Å². The Morgan fingerprint density at radius 1 is 1.23 bits per heavy atom. The van der Waals surface area contributed by atoms with Gasteiger partial charge in [0.1, 0.15) is 29.7 Å². The maximum Gasteiger partial charge on any atom is 0.228 e. The normalized spacial score (nSPS) is 15.7. The highest BCUT2D eigenvalue weighted by Crippen LogP contribution is 2.30. The van der Waals surface area contributed by atoms with Crippen LogP contribution < -0.4 is 10.5 Å². The van der Waals surface area contributed by atoms with E-state index in [0.717, 1.165) is 45.2 Å². The first-order valence-corrected chi connectivity index (χ1v) is 10.4. The Bertz CT molecular complexity index is 1200. The molecule has 0 radical (unpaired) electrons. The van der Waals surface area contributed by atoms with Crippen LogP contribution in [-0.4, -0.2) is 14.8 Å². The van der Waals surface area contributed by atoms with Gasteiger partial charge in [0.15, 0.2) is 0 Å². The molecule has 31 heavy (non-hydrogen) atoms. The number of hydrogen-bond donors (Lipinski definition) is 1. The van der Waals surface area contributed by atoms with Crippen LogP contribution in [0.4, 0.5) is 5.69 Å². The van der Waals surface area contributed by atoms with E-state index in [9.17, 15) is 4.79 Å². The zero-order chi connectivity index (χ0) is 22.1. The predicted octanol–water partition coefficient (Wildman–Crippen LogP) is 5.31. The van der Waals surface area contributed by atoms with Crippen LogP contribution in [0.3, 0.4) is 0 Å². The van der Waals surface area contributed by atoms with Gasteiger partial charge in [-0.25, -0.2) is 4.98 Å². The van der Waals surface area contributed by atoms with E-state index in [1.54, 1.807) is 12.2 Å². The first-order valence-electron chi connectivity index (χ1n) is 10.0. The van der Waals surface area contributed by atoms with E-state index in [4.69, 9.17) is 26.8 Å². The number of carbonyl (C=O) groups excluding carboxylic acids is 1. The van der Waals surface area contributed by atoms with Gasteiger partial charge in [0.05, 0.1) is 17.0 Å². The molecule has 1 heterocycles. The second-order valence-electron chi connectivity index (χ2n) is 7.71. The molecule has 2 N–H and O–H groups in total. The molecule has 0 spiro atoms. The molecule has 0 saturated heterocycles. The number of nitrogens with zero attached hydrogens (tertiary/aromatic N) is 2. The summed E-state index contributed by atoms with van der Waals surface area (Å²) in [5.41, 5.74) is 10.6. The van der Waals surface area contributed by atoms with E-state index in [2.05, 4.69) is 4.98 Å². The van der Waals surface area contributed by atoms with Crippen molar-refractivity contribution in [3.8, 4) is 11.5 Å². The molecular formula is C24H24ClN3O3. The summed E-state index contributed by atoms with van der Waals surface area (Å²) < 4.78 is 13.9. The summed E-state index contributed by atoms with van der Waals surface area (Å²) in [7, 11) is 1.95. The van der Waals surface area contributed by atoms with Crippen molar-refractivity contribution in [2.45, 2.75) is 26.9 Å². The van der Waals surface area contributed by atoms with Gasteiger partial charge in [-0.05, 0) is 79.4 Å². The lowest BCUT2D eigenvalue weighted by Crippen LogP contribution is -2.08. The Kier molecular flexibility index (Phi) is 5.74. The van der Waals surface area contributed by atoms with Crippen LogP contribution in [0.15, 0.2) is 54.3 Å². The van der Waals surface area contributed by atoms with Crippen LogP contribution in [-0.2, 0) is 23.2 Å². The van der Waals surface area contributed by atoms with Crippen LogP contribution in [0.2, 0.25) is 0 Å². The topological polar surface area (TPSA) is 79.4 Å². The van der Waals surface area contributed by atoms with Crippen molar-refractivity contribution < 1.29 is 14.3 Å². The number of hydrogen-bond acceptors (Lipinski definition) is 5. The number of anilines is 1. The highest BCUT2D eigenvalue weighted by Gasteiger charge is 2.16. The van der Waals surface area contributed by atoms with Crippen molar-refractivity contribution in [2.24, 2.45) is 13.0 Å². The molecule has 4 rings (SSSR count). The molecular weight excluding hydrogens is 414 g/mol. The minimum Gasteiger partial charge on any atom is -0.486 e. The molecule has 1 aromatic heterocycles. The van der Waals surface area contributed by atoms with Crippen LogP contribution in [0.25, 0.3) is 11.0 Å². The lowest BCUT2D eigenvalue weighted by Gasteiger charge is -2.13. The van der Waals surface area contributed by atoms with Gasteiger partial charge in [-0.1, -0.05) is 6.08 Å². The van der Waals surface area contributed by atoms with Crippen molar-refractivity contribution in [3.05, 3.63) is 71.3 Å². The first-order chi connectivity index (χ1) is 14.8. The van der Waals surface area contributed by atoms with Crippen molar-refractivity contribution in [3.63, 3.8) is 0 Å². The van der Waals surface area contributed by atoms with E-state index in [1.165, 1.54) is 0 Å². The largest absolute Gasteiger partial charge is 0.486 e. The summed E-state index contributed by atoms with van der Waals surface area (Å²) >= 11 is 5.54. The van der Waals surface area contributed by atoms with Crippen molar-refractivity contribution in [1.29, 1.82) is 0 Å². The zero-order valence-corrected chi connectivity index (χ0v) is 18.4. The number of aryl methyl sites for hydroxylation is 3. The molecule has 6 nitrogen and oxygen atoms in total. The smallest absolute Gasteiger partial charge is 0.228 e. The summed E-state index contributed by atoms with van der Waals surface area (Å²) in [6.07, 6.45) is 5.96. The summed E-state index contributed by atoms with van der Waals surface area (Å²) in [4.78, 5) is 15.9. The van der Waals surface area contributed by atoms with E-state index < -0.39 is 0 Å². The zero-order valence-electron chi connectivity index (χ0n) is 17.7. The summed E-state index contributed by atoms with van der Waals surface area (Å²) in [5, 5.41) is -0.357. The molecule has 1 unspecified atom stereocenters. The predicted molar refractivity (Wildman–Crippen MR) is 122 cm³/mol. The van der Waals surface area contributed by atoms with Crippen LogP contribution >= 0.6 is 11.6 Å². The number of allylic oxidation sites excluding steroid dienone is 3. The molecule has 0 amide bonds. The van der Waals surface area contributed by atoms with Gasteiger partial charge < -0.3 is 19.8 Å². The van der Waals surface area contributed by atoms with Gasteiger partial charge >= 0.3 is 0 Å². The maximum atomic E-state index is 11.2. The van der Waals surface area contributed by atoms with Gasteiger partial charge in [-0.3, -0.25) is 4.79 Å². The third-order valence-electron chi connectivity index (χ3n) is 5.47. The number of nitrogens with two attached hydrogens (primary N) is 1. The molecule has 0 bridgehead atoms. The fraction of sp³-hybridized carbons (Fsp3) is 0.250. The number of ether oxygens (including phenoxy) is 2. The molecule has 3 aromatic rings. The Morgan fingerprint density at radius 3 is 2.61 bits per heavy atom. The summed E-state index contributed by atoms with van der Waals surface area (Å²) in [5.74, 6) is 2.69. The second-order valence-corrected chi connectivity index (χ2v) is 8.08. The maximum absolute atomic E-state index is 11.2. The van der Waals surface area contributed by atoms with Crippen molar-refractivity contribution >= 4 is 33.6 Å². The number of fused-ring (bicyclic) bond motifs is 1. The quantitative estimate of drug-likeness (QED) is 0.417. The van der Waals surface area contributed by atoms with Crippen LogP contribution in [0, 0.1) is 19.8 Å². The van der Waals surface area contributed by atoms with Gasteiger partial charge in [-0.2, -0.15) is 0 Å². The lowest BCUT2D eigenvalue weighted by molar-refractivity contribution is -0.113. The first kappa shape index (κ1) is 21.0.